The summed E-state index contributed by atoms with van der Waals surface area (Å²) in [4.78, 5) is 13.8. The Morgan fingerprint density at radius 2 is 2.40 bits per heavy atom. The summed E-state index contributed by atoms with van der Waals surface area (Å²) >= 11 is 3.35. The minimum atomic E-state index is -0.0533. The first-order valence-electron chi connectivity index (χ1n) is 5.35. The summed E-state index contributed by atoms with van der Waals surface area (Å²) in [5.41, 5.74) is 0. The molecule has 1 rings (SSSR count). The van der Waals surface area contributed by atoms with E-state index < -0.39 is 0 Å². The van der Waals surface area contributed by atoms with E-state index in [4.69, 9.17) is 4.74 Å². The van der Waals surface area contributed by atoms with E-state index in [2.05, 4.69) is 27.4 Å². The first-order chi connectivity index (χ1) is 7.13. The normalized spacial score (nSPS) is 22.4. The second-order valence-electron chi connectivity index (χ2n) is 3.84. The molecule has 0 spiro atoms. The first-order valence-corrected chi connectivity index (χ1v) is 6.15. The molecule has 1 aliphatic heterocycles. The fraction of sp³-hybridized carbons (Fsp3) is 0.727. The molecule has 0 aliphatic carbocycles. The van der Waals surface area contributed by atoms with Crippen LogP contribution in [0.3, 0.4) is 0 Å². The lowest BCUT2D eigenvalue weighted by molar-refractivity contribution is -0.149. The van der Waals surface area contributed by atoms with Crippen molar-refractivity contribution < 1.29 is 9.53 Å². The monoisotopic (exact) mass is 275 g/mol. The summed E-state index contributed by atoms with van der Waals surface area (Å²) < 4.78 is 6.00. The number of carbonyl (C=O) groups is 1. The van der Waals surface area contributed by atoms with Crippen LogP contribution >= 0.6 is 15.9 Å². The number of nitrogens with zero attached hydrogens (tertiary/aromatic N) is 1. The van der Waals surface area contributed by atoms with Crippen LogP contribution in [0.2, 0.25) is 0 Å². The molecule has 1 atom stereocenters. The van der Waals surface area contributed by atoms with Gasteiger partial charge in [-0.25, -0.2) is 0 Å². The van der Waals surface area contributed by atoms with E-state index in [0.717, 1.165) is 37.0 Å². The molecule has 15 heavy (non-hydrogen) atoms. The molecular weight excluding hydrogens is 258 g/mol. The van der Waals surface area contributed by atoms with E-state index in [1.54, 1.807) is 0 Å². The predicted molar refractivity (Wildman–Crippen MR) is 63.9 cm³/mol. The molecule has 1 saturated heterocycles. The maximum Gasteiger partial charge on any atom is 0.310 e. The lowest BCUT2D eigenvalue weighted by atomic mass is 9.98. The van der Waals surface area contributed by atoms with E-state index in [9.17, 15) is 4.79 Å². The van der Waals surface area contributed by atoms with E-state index in [1.165, 1.54) is 0 Å². The molecule has 1 heterocycles. The van der Waals surface area contributed by atoms with Gasteiger partial charge in [-0.1, -0.05) is 22.5 Å². The topological polar surface area (TPSA) is 29.5 Å². The van der Waals surface area contributed by atoms with Gasteiger partial charge in [-0.3, -0.25) is 9.69 Å². The van der Waals surface area contributed by atoms with Gasteiger partial charge in [-0.15, -0.1) is 0 Å². The zero-order chi connectivity index (χ0) is 11.3. The number of hydrogen-bond donors (Lipinski definition) is 0. The third kappa shape index (κ3) is 4.34. The quantitative estimate of drug-likeness (QED) is 0.737. The van der Waals surface area contributed by atoms with Crippen LogP contribution in [-0.4, -0.2) is 37.1 Å². The Morgan fingerprint density at radius 3 is 3.00 bits per heavy atom. The van der Waals surface area contributed by atoms with Gasteiger partial charge >= 0.3 is 5.97 Å². The summed E-state index contributed by atoms with van der Waals surface area (Å²) in [7, 11) is 0. The van der Waals surface area contributed by atoms with Crippen molar-refractivity contribution in [1.29, 1.82) is 0 Å². The van der Waals surface area contributed by atoms with Crippen molar-refractivity contribution in [3.8, 4) is 0 Å². The summed E-state index contributed by atoms with van der Waals surface area (Å²) in [6.45, 7) is 8.79. The number of rotatable bonds is 4. The maximum absolute atomic E-state index is 11.5. The van der Waals surface area contributed by atoms with Crippen LogP contribution in [-0.2, 0) is 9.53 Å². The number of ether oxygens (including phenoxy) is 1. The van der Waals surface area contributed by atoms with E-state index in [-0.39, 0.29) is 11.9 Å². The Kier molecular flexibility index (Phi) is 5.32. The van der Waals surface area contributed by atoms with Gasteiger partial charge in [0.15, 0.2) is 0 Å². The minimum Gasteiger partial charge on any atom is -0.466 e. The third-order valence-corrected chi connectivity index (χ3v) is 2.77. The molecule has 4 heteroatoms. The van der Waals surface area contributed by atoms with Gasteiger partial charge in [0.05, 0.1) is 12.5 Å². The Bertz CT molecular complexity index is 243. The smallest absolute Gasteiger partial charge is 0.310 e. The summed E-state index contributed by atoms with van der Waals surface area (Å²) in [5.74, 6) is -0.00654. The van der Waals surface area contributed by atoms with Gasteiger partial charge in [-0.05, 0) is 26.3 Å². The molecule has 3 nitrogen and oxygen atoms in total. The van der Waals surface area contributed by atoms with Crippen molar-refractivity contribution >= 4 is 21.9 Å². The molecule has 1 aliphatic rings. The van der Waals surface area contributed by atoms with Crippen LogP contribution in [0, 0.1) is 5.92 Å². The van der Waals surface area contributed by atoms with Crippen molar-refractivity contribution in [2.45, 2.75) is 19.8 Å². The molecule has 0 radical (unpaired) electrons. The number of likely N-dealkylation sites (tertiary alicyclic amines) is 1. The lowest BCUT2D eigenvalue weighted by Crippen LogP contribution is -2.39. The maximum atomic E-state index is 11.5. The fourth-order valence-electron chi connectivity index (χ4n) is 1.89. The number of carbonyl (C=O) groups excluding carboxylic acids is 1. The number of hydrogen-bond acceptors (Lipinski definition) is 3. The lowest BCUT2D eigenvalue weighted by Gasteiger charge is -2.31. The average molecular weight is 276 g/mol. The van der Waals surface area contributed by atoms with Crippen LogP contribution < -0.4 is 0 Å². The Labute approximate surface area is 99.6 Å². The van der Waals surface area contributed by atoms with Crippen molar-refractivity contribution in [1.82, 2.24) is 4.90 Å². The molecule has 0 unspecified atom stereocenters. The highest BCUT2D eigenvalue weighted by Crippen LogP contribution is 2.19. The second-order valence-corrected chi connectivity index (χ2v) is 4.97. The first kappa shape index (κ1) is 12.7. The number of esters is 1. The van der Waals surface area contributed by atoms with Gasteiger partial charge < -0.3 is 4.74 Å². The third-order valence-electron chi connectivity index (χ3n) is 2.52. The van der Waals surface area contributed by atoms with Crippen LogP contribution in [0.1, 0.15) is 19.8 Å². The highest BCUT2D eigenvalue weighted by atomic mass is 79.9. The molecule has 0 bridgehead atoms. The molecule has 0 saturated carbocycles. The van der Waals surface area contributed by atoms with Gasteiger partial charge in [-0.2, -0.15) is 0 Å². The van der Waals surface area contributed by atoms with Crippen molar-refractivity contribution in [2.75, 3.05) is 26.2 Å². The van der Waals surface area contributed by atoms with E-state index in [0.29, 0.717) is 6.61 Å². The van der Waals surface area contributed by atoms with Crippen LogP contribution in [0.4, 0.5) is 0 Å². The molecule has 0 aromatic carbocycles. The summed E-state index contributed by atoms with van der Waals surface area (Å²) in [6, 6.07) is 0. The van der Waals surface area contributed by atoms with Crippen molar-refractivity contribution in [3.05, 3.63) is 11.1 Å². The molecule has 86 valence electrons. The highest BCUT2D eigenvalue weighted by molar-refractivity contribution is 9.11. The van der Waals surface area contributed by atoms with E-state index >= 15 is 0 Å². The Balaban J connectivity index is 2.41. The van der Waals surface area contributed by atoms with Crippen LogP contribution in [0.15, 0.2) is 11.1 Å². The predicted octanol–water partition coefficient (Wildman–Crippen LogP) is 2.17. The molecular formula is C11H18BrNO2. The highest BCUT2D eigenvalue weighted by Gasteiger charge is 2.26. The zero-order valence-electron chi connectivity index (χ0n) is 9.17. The SMILES string of the molecule is C=C(Br)CN1CCC[C@H](C(=O)OCC)C1. The van der Waals surface area contributed by atoms with Gasteiger partial charge in [0.25, 0.3) is 0 Å². The fourth-order valence-corrected chi connectivity index (χ4v) is 2.25. The average Bonchev–Trinajstić information content (AvgIpc) is 2.17. The van der Waals surface area contributed by atoms with Crippen LogP contribution in [0.25, 0.3) is 0 Å². The van der Waals surface area contributed by atoms with Crippen molar-refractivity contribution in [2.24, 2.45) is 5.92 Å². The summed E-state index contributed by atoms with van der Waals surface area (Å²) in [6.07, 6.45) is 2.01. The van der Waals surface area contributed by atoms with Gasteiger partial charge in [0.2, 0.25) is 0 Å². The largest absolute Gasteiger partial charge is 0.466 e. The molecule has 1 fully saturated rings. The second kappa shape index (κ2) is 6.28. The Morgan fingerprint density at radius 1 is 1.67 bits per heavy atom. The number of piperidine rings is 1. The zero-order valence-corrected chi connectivity index (χ0v) is 10.8. The standard InChI is InChI=1S/C11H18BrNO2/c1-3-15-11(14)10-5-4-6-13(8-10)7-9(2)12/h10H,2-8H2,1H3/t10-/m0/s1. The molecule has 0 N–H and O–H groups in total. The Hall–Kier alpha value is -0.350. The van der Waals surface area contributed by atoms with Crippen molar-refractivity contribution in [3.63, 3.8) is 0 Å². The molecule has 0 amide bonds. The van der Waals surface area contributed by atoms with E-state index in [1.807, 2.05) is 6.92 Å². The van der Waals surface area contributed by atoms with Gasteiger partial charge in [0, 0.05) is 17.6 Å². The molecule has 0 aromatic rings. The van der Waals surface area contributed by atoms with Crippen LogP contribution in [0.5, 0.6) is 0 Å². The number of halogens is 1. The van der Waals surface area contributed by atoms with Gasteiger partial charge in [0.1, 0.15) is 0 Å². The minimum absolute atomic E-state index is 0.0468. The summed E-state index contributed by atoms with van der Waals surface area (Å²) in [5, 5.41) is 0. The molecule has 0 aromatic heterocycles.